The summed E-state index contributed by atoms with van der Waals surface area (Å²) in [4.78, 5) is 22.5. The van der Waals surface area contributed by atoms with Crippen LogP contribution in [0.3, 0.4) is 0 Å². The van der Waals surface area contributed by atoms with Crippen LogP contribution in [0.15, 0.2) is 36.7 Å². The molecule has 8 nitrogen and oxygen atoms in total. The van der Waals surface area contributed by atoms with Gasteiger partial charge in [-0.3, -0.25) is 4.79 Å². The number of morpholine rings is 1. The van der Waals surface area contributed by atoms with Crippen molar-refractivity contribution in [3.05, 3.63) is 36.7 Å². The molecule has 3 rings (SSSR count). The van der Waals surface area contributed by atoms with Crippen LogP contribution < -0.4 is 19.7 Å². The van der Waals surface area contributed by atoms with Crippen LogP contribution in [0.4, 0.5) is 11.6 Å². The molecular formula is C17H20N4O4. The van der Waals surface area contributed by atoms with E-state index < -0.39 is 0 Å². The van der Waals surface area contributed by atoms with E-state index in [4.69, 9.17) is 14.2 Å². The average molecular weight is 344 g/mol. The fourth-order valence-corrected chi connectivity index (χ4v) is 2.44. The van der Waals surface area contributed by atoms with Gasteiger partial charge in [0.1, 0.15) is 18.0 Å². The lowest BCUT2D eigenvalue weighted by Crippen LogP contribution is -2.36. The Balaban J connectivity index is 1.57. The maximum Gasteiger partial charge on any atom is 0.263 e. The average Bonchev–Trinajstić information content (AvgIpc) is 2.67. The molecule has 1 aromatic carbocycles. The van der Waals surface area contributed by atoms with Crippen molar-refractivity contribution in [2.75, 3.05) is 50.2 Å². The second-order valence-corrected chi connectivity index (χ2v) is 5.35. The molecule has 1 saturated heterocycles. The van der Waals surface area contributed by atoms with E-state index in [1.807, 2.05) is 12.1 Å². The summed E-state index contributed by atoms with van der Waals surface area (Å²) in [5.74, 6) is 1.98. The van der Waals surface area contributed by atoms with Crippen LogP contribution in [-0.2, 0) is 9.53 Å². The first-order chi connectivity index (χ1) is 12.3. The fourth-order valence-electron chi connectivity index (χ4n) is 2.44. The van der Waals surface area contributed by atoms with Crippen molar-refractivity contribution in [1.29, 1.82) is 0 Å². The van der Waals surface area contributed by atoms with E-state index in [1.54, 1.807) is 25.3 Å². The first-order valence-corrected chi connectivity index (χ1v) is 7.96. The lowest BCUT2D eigenvalue weighted by atomic mass is 10.3. The molecule has 2 heterocycles. The van der Waals surface area contributed by atoms with E-state index in [9.17, 15) is 4.79 Å². The van der Waals surface area contributed by atoms with E-state index in [0.29, 0.717) is 30.5 Å². The van der Waals surface area contributed by atoms with Gasteiger partial charge in [-0.15, -0.1) is 0 Å². The van der Waals surface area contributed by atoms with E-state index in [-0.39, 0.29) is 12.5 Å². The highest BCUT2D eigenvalue weighted by Gasteiger charge is 2.14. The van der Waals surface area contributed by atoms with Gasteiger partial charge in [0.2, 0.25) is 0 Å². The first-order valence-electron chi connectivity index (χ1n) is 7.96. The molecule has 0 atom stereocenters. The summed E-state index contributed by atoms with van der Waals surface area (Å²) in [5, 5.41) is 2.72. The van der Waals surface area contributed by atoms with E-state index >= 15 is 0 Å². The molecular weight excluding hydrogens is 324 g/mol. The van der Waals surface area contributed by atoms with E-state index in [1.165, 1.54) is 6.33 Å². The van der Waals surface area contributed by atoms with Gasteiger partial charge in [-0.05, 0) is 12.1 Å². The summed E-state index contributed by atoms with van der Waals surface area (Å²) in [6.07, 6.45) is 1.43. The van der Waals surface area contributed by atoms with Crippen LogP contribution in [0, 0.1) is 0 Å². The lowest BCUT2D eigenvalue weighted by molar-refractivity contribution is -0.118. The maximum atomic E-state index is 12.1. The standard InChI is InChI=1S/C17H20N4O4/c1-23-13-4-2-3-5-14(13)25-11-17(22)20-15-10-16(19-12-18-15)21-6-8-24-9-7-21/h2-5,10,12H,6-9,11H2,1H3,(H,18,19,20,22). The third kappa shape index (κ3) is 4.57. The number of nitrogens with one attached hydrogen (secondary N) is 1. The number of hydrogen-bond acceptors (Lipinski definition) is 7. The van der Waals surface area contributed by atoms with Crippen LogP contribution in [-0.4, -0.2) is 55.9 Å². The van der Waals surface area contributed by atoms with Crippen LogP contribution >= 0.6 is 0 Å². The van der Waals surface area contributed by atoms with Crippen molar-refractivity contribution in [3.63, 3.8) is 0 Å². The van der Waals surface area contributed by atoms with Crippen molar-refractivity contribution in [1.82, 2.24) is 9.97 Å². The van der Waals surface area contributed by atoms with Crippen molar-refractivity contribution < 1.29 is 19.0 Å². The molecule has 0 spiro atoms. The highest BCUT2D eigenvalue weighted by Crippen LogP contribution is 2.25. The summed E-state index contributed by atoms with van der Waals surface area (Å²) < 4.78 is 16.0. The van der Waals surface area contributed by atoms with Gasteiger partial charge in [0.25, 0.3) is 5.91 Å². The Labute approximate surface area is 145 Å². The molecule has 0 bridgehead atoms. The Morgan fingerprint density at radius 1 is 1.24 bits per heavy atom. The Bertz CT molecular complexity index is 719. The molecule has 0 aliphatic carbocycles. The summed E-state index contributed by atoms with van der Waals surface area (Å²) in [5.41, 5.74) is 0. The van der Waals surface area contributed by atoms with E-state index in [0.717, 1.165) is 18.9 Å². The molecule has 0 radical (unpaired) electrons. The highest BCUT2D eigenvalue weighted by molar-refractivity contribution is 5.91. The van der Waals surface area contributed by atoms with Crippen LogP contribution in [0.1, 0.15) is 0 Å². The highest BCUT2D eigenvalue weighted by atomic mass is 16.5. The predicted octanol–water partition coefficient (Wildman–Crippen LogP) is 1.34. The molecule has 0 unspecified atom stereocenters. The minimum Gasteiger partial charge on any atom is -0.493 e. The molecule has 2 aromatic rings. The number of nitrogens with zero attached hydrogens (tertiary/aromatic N) is 3. The van der Waals surface area contributed by atoms with Gasteiger partial charge in [0.05, 0.1) is 20.3 Å². The van der Waals surface area contributed by atoms with Crippen molar-refractivity contribution >= 4 is 17.5 Å². The zero-order valence-electron chi connectivity index (χ0n) is 14.0. The van der Waals surface area contributed by atoms with Crippen molar-refractivity contribution in [3.8, 4) is 11.5 Å². The molecule has 1 aliphatic rings. The third-order valence-electron chi connectivity index (χ3n) is 3.68. The molecule has 1 N–H and O–H groups in total. The minimum atomic E-state index is -0.308. The summed E-state index contributed by atoms with van der Waals surface area (Å²) in [6, 6.07) is 8.90. The normalized spacial score (nSPS) is 14.0. The lowest BCUT2D eigenvalue weighted by Gasteiger charge is -2.27. The number of benzene rings is 1. The number of ether oxygens (including phenoxy) is 3. The number of carbonyl (C=O) groups is 1. The monoisotopic (exact) mass is 344 g/mol. The Hall–Kier alpha value is -2.87. The van der Waals surface area contributed by atoms with Gasteiger partial charge in [-0.1, -0.05) is 12.1 Å². The quantitative estimate of drug-likeness (QED) is 0.846. The maximum absolute atomic E-state index is 12.1. The molecule has 1 aromatic heterocycles. The topological polar surface area (TPSA) is 85.8 Å². The molecule has 8 heteroatoms. The van der Waals surface area contributed by atoms with Crippen molar-refractivity contribution in [2.24, 2.45) is 0 Å². The Morgan fingerprint density at radius 3 is 2.76 bits per heavy atom. The summed E-state index contributed by atoms with van der Waals surface area (Å²) in [6.45, 7) is 2.72. The predicted molar refractivity (Wildman–Crippen MR) is 92.2 cm³/mol. The number of para-hydroxylation sites is 2. The van der Waals surface area contributed by atoms with Gasteiger partial charge in [0.15, 0.2) is 18.1 Å². The fraction of sp³-hybridized carbons (Fsp3) is 0.353. The number of carbonyl (C=O) groups excluding carboxylic acids is 1. The van der Waals surface area contributed by atoms with Gasteiger partial charge >= 0.3 is 0 Å². The first kappa shape index (κ1) is 17.0. The molecule has 1 aliphatic heterocycles. The van der Waals surface area contributed by atoms with Crippen LogP contribution in [0.25, 0.3) is 0 Å². The summed E-state index contributed by atoms with van der Waals surface area (Å²) in [7, 11) is 1.55. The third-order valence-corrected chi connectivity index (χ3v) is 3.68. The molecule has 1 fully saturated rings. The van der Waals surface area contributed by atoms with Gasteiger partial charge in [0, 0.05) is 19.2 Å². The molecule has 25 heavy (non-hydrogen) atoms. The van der Waals surface area contributed by atoms with E-state index in [2.05, 4.69) is 20.2 Å². The number of hydrogen-bond donors (Lipinski definition) is 1. The van der Waals surface area contributed by atoms with Gasteiger partial charge in [-0.25, -0.2) is 9.97 Å². The molecule has 0 saturated carbocycles. The molecule has 132 valence electrons. The number of anilines is 2. The Morgan fingerprint density at radius 2 is 2.00 bits per heavy atom. The molecule has 1 amide bonds. The van der Waals surface area contributed by atoms with Gasteiger partial charge < -0.3 is 24.4 Å². The minimum absolute atomic E-state index is 0.142. The number of rotatable bonds is 6. The Kier molecular flexibility index (Phi) is 5.63. The number of amides is 1. The van der Waals surface area contributed by atoms with Crippen molar-refractivity contribution in [2.45, 2.75) is 0 Å². The second kappa shape index (κ2) is 8.29. The SMILES string of the molecule is COc1ccccc1OCC(=O)Nc1cc(N2CCOCC2)ncn1. The zero-order valence-corrected chi connectivity index (χ0v) is 14.0. The smallest absolute Gasteiger partial charge is 0.263 e. The second-order valence-electron chi connectivity index (χ2n) is 5.35. The van der Waals surface area contributed by atoms with Gasteiger partial charge in [-0.2, -0.15) is 0 Å². The van der Waals surface area contributed by atoms with Crippen LogP contribution in [0.2, 0.25) is 0 Å². The number of aromatic nitrogens is 2. The summed E-state index contributed by atoms with van der Waals surface area (Å²) >= 11 is 0. The number of methoxy groups -OCH3 is 1. The zero-order chi connectivity index (χ0) is 17.5. The largest absolute Gasteiger partial charge is 0.493 e. The van der Waals surface area contributed by atoms with Crippen LogP contribution in [0.5, 0.6) is 11.5 Å².